The third-order valence-electron chi connectivity index (χ3n) is 3.48. The van der Waals surface area contributed by atoms with E-state index in [4.69, 9.17) is 9.47 Å². The van der Waals surface area contributed by atoms with Gasteiger partial charge in [-0.3, -0.25) is 4.79 Å². The number of carbonyl (C=O) groups is 2. The first-order valence-corrected chi connectivity index (χ1v) is 6.59. The van der Waals surface area contributed by atoms with E-state index < -0.39 is 11.7 Å². The maximum Gasteiger partial charge on any atom is 0.408 e. The zero-order valence-electron chi connectivity index (χ0n) is 11.7. The molecular formula is C14H21NO4. The molecule has 0 bridgehead atoms. The number of nitrogens with one attached hydrogen (secondary N) is 1. The number of carbonyl (C=O) groups excluding carboxylic acids is 2. The standard InChI is InChI=1S/C14H21NO4/c1-8-5-9-10(6-8)12(16)18-7-11(9)15-13(17)19-14(2,3)4/h9-11H,1,5-7H2,2-4H3,(H,15,17)/t9-,10-,11+/m0/s1. The second-order valence-corrected chi connectivity index (χ2v) is 6.31. The molecule has 3 atom stereocenters. The van der Waals surface area contributed by atoms with Crippen LogP contribution in [0.3, 0.4) is 0 Å². The molecule has 19 heavy (non-hydrogen) atoms. The molecule has 0 aromatic carbocycles. The number of esters is 1. The van der Waals surface area contributed by atoms with Crippen molar-refractivity contribution < 1.29 is 19.1 Å². The van der Waals surface area contributed by atoms with Crippen LogP contribution in [0.15, 0.2) is 12.2 Å². The molecule has 106 valence electrons. The third kappa shape index (κ3) is 3.28. The fourth-order valence-corrected chi connectivity index (χ4v) is 2.71. The Bertz CT molecular complexity index is 410. The highest BCUT2D eigenvalue weighted by atomic mass is 16.6. The van der Waals surface area contributed by atoms with Gasteiger partial charge in [0.25, 0.3) is 0 Å². The molecule has 1 saturated heterocycles. The Hall–Kier alpha value is -1.52. The highest BCUT2D eigenvalue weighted by Gasteiger charge is 2.45. The van der Waals surface area contributed by atoms with Gasteiger partial charge in [0.05, 0.1) is 12.0 Å². The minimum Gasteiger partial charge on any atom is -0.463 e. The molecule has 0 aromatic rings. The predicted octanol–water partition coefficient (Wildman–Crippen LogP) is 2.02. The minimum absolute atomic E-state index is 0.0845. The molecule has 0 radical (unpaired) electrons. The normalized spacial score (nSPS) is 30.6. The Labute approximate surface area is 113 Å². The van der Waals surface area contributed by atoms with Crippen molar-refractivity contribution in [1.29, 1.82) is 0 Å². The number of hydrogen-bond acceptors (Lipinski definition) is 4. The lowest BCUT2D eigenvalue weighted by atomic mass is 9.87. The average Bonchev–Trinajstić information content (AvgIpc) is 2.62. The molecule has 0 spiro atoms. The van der Waals surface area contributed by atoms with E-state index >= 15 is 0 Å². The van der Waals surface area contributed by atoms with Crippen LogP contribution in [0, 0.1) is 11.8 Å². The van der Waals surface area contributed by atoms with E-state index in [1.165, 1.54) is 0 Å². The van der Waals surface area contributed by atoms with E-state index in [2.05, 4.69) is 11.9 Å². The molecule has 5 heteroatoms. The van der Waals surface area contributed by atoms with Gasteiger partial charge in [-0.2, -0.15) is 0 Å². The summed E-state index contributed by atoms with van der Waals surface area (Å²) in [5.41, 5.74) is 0.513. The van der Waals surface area contributed by atoms with Crippen molar-refractivity contribution >= 4 is 12.1 Å². The van der Waals surface area contributed by atoms with Gasteiger partial charge in [0, 0.05) is 0 Å². The number of rotatable bonds is 1. The van der Waals surface area contributed by atoms with Crippen LogP contribution in [-0.2, 0) is 14.3 Å². The van der Waals surface area contributed by atoms with Crippen molar-refractivity contribution in [2.45, 2.75) is 45.3 Å². The van der Waals surface area contributed by atoms with Gasteiger partial charge in [-0.15, -0.1) is 0 Å². The quantitative estimate of drug-likeness (QED) is 0.583. The molecule has 2 fully saturated rings. The van der Waals surface area contributed by atoms with Crippen LogP contribution in [0.25, 0.3) is 0 Å². The Balaban J connectivity index is 1.99. The molecular weight excluding hydrogens is 246 g/mol. The zero-order chi connectivity index (χ0) is 14.2. The summed E-state index contributed by atoms with van der Waals surface area (Å²) in [4.78, 5) is 23.5. The Kier molecular flexibility index (Phi) is 3.56. The molecule has 0 aromatic heterocycles. The summed E-state index contributed by atoms with van der Waals surface area (Å²) >= 11 is 0. The summed E-state index contributed by atoms with van der Waals surface area (Å²) < 4.78 is 10.4. The second-order valence-electron chi connectivity index (χ2n) is 6.31. The minimum atomic E-state index is -0.534. The predicted molar refractivity (Wildman–Crippen MR) is 69.5 cm³/mol. The van der Waals surface area contributed by atoms with Crippen molar-refractivity contribution in [3.8, 4) is 0 Å². The fourth-order valence-electron chi connectivity index (χ4n) is 2.71. The number of alkyl carbamates (subject to hydrolysis) is 1. The fraction of sp³-hybridized carbons (Fsp3) is 0.714. The Morgan fingerprint density at radius 2 is 2.11 bits per heavy atom. The molecule has 1 aliphatic heterocycles. The summed E-state index contributed by atoms with van der Waals surface area (Å²) in [5, 5.41) is 2.81. The molecule has 1 saturated carbocycles. The van der Waals surface area contributed by atoms with E-state index in [0.717, 1.165) is 12.0 Å². The van der Waals surface area contributed by atoms with Gasteiger partial charge in [-0.1, -0.05) is 12.2 Å². The molecule has 1 amide bonds. The van der Waals surface area contributed by atoms with Gasteiger partial charge in [0.1, 0.15) is 12.2 Å². The first-order chi connectivity index (χ1) is 8.76. The van der Waals surface area contributed by atoms with Crippen molar-refractivity contribution in [2.24, 2.45) is 11.8 Å². The van der Waals surface area contributed by atoms with Gasteiger partial charge in [-0.25, -0.2) is 4.79 Å². The van der Waals surface area contributed by atoms with Gasteiger partial charge in [-0.05, 0) is 39.5 Å². The Morgan fingerprint density at radius 1 is 1.42 bits per heavy atom. The number of amides is 1. The largest absolute Gasteiger partial charge is 0.463 e. The lowest BCUT2D eigenvalue weighted by Crippen LogP contribution is -2.51. The smallest absolute Gasteiger partial charge is 0.408 e. The number of hydrogen-bond donors (Lipinski definition) is 1. The van der Waals surface area contributed by atoms with Crippen molar-refractivity contribution in [3.05, 3.63) is 12.2 Å². The average molecular weight is 267 g/mol. The SMILES string of the molecule is C=C1C[C@H]2[C@H](C1)C(=O)OC[C@H]2NC(=O)OC(C)(C)C. The highest BCUT2D eigenvalue weighted by Crippen LogP contribution is 2.40. The monoisotopic (exact) mass is 267 g/mol. The lowest BCUT2D eigenvalue weighted by Gasteiger charge is -2.33. The van der Waals surface area contributed by atoms with Gasteiger partial charge < -0.3 is 14.8 Å². The first kappa shape index (κ1) is 13.9. The molecule has 1 aliphatic carbocycles. The van der Waals surface area contributed by atoms with Crippen LogP contribution in [0.5, 0.6) is 0 Å². The zero-order valence-corrected chi connectivity index (χ0v) is 11.7. The van der Waals surface area contributed by atoms with Crippen LogP contribution in [0.2, 0.25) is 0 Å². The maximum atomic E-state index is 11.8. The van der Waals surface area contributed by atoms with Crippen LogP contribution in [0.1, 0.15) is 33.6 Å². The summed E-state index contributed by atoms with van der Waals surface area (Å²) in [6, 6.07) is -0.184. The van der Waals surface area contributed by atoms with Crippen molar-refractivity contribution in [2.75, 3.05) is 6.61 Å². The molecule has 1 N–H and O–H groups in total. The van der Waals surface area contributed by atoms with E-state index in [0.29, 0.717) is 6.42 Å². The molecule has 2 aliphatic rings. The van der Waals surface area contributed by atoms with Gasteiger partial charge >= 0.3 is 12.1 Å². The van der Waals surface area contributed by atoms with Crippen LogP contribution < -0.4 is 5.32 Å². The number of fused-ring (bicyclic) bond motifs is 1. The summed E-state index contributed by atoms with van der Waals surface area (Å²) in [7, 11) is 0. The third-order valence-corrected chi connectivity index (χ3v) is 3.48. The van der Waals surface area contributed by atoms with E-state index in [9.17, 15) is 9.59 Å². The summed E-state index contributed by atoms with van der Waals surface area (Å²) in [6.45, 7) is 9.59. The van der Waals surface area contributed by atoms with E-state index in [1.54, 1.807) is 0 Å². The number of allylic oxidation sites excluding steroid dienone is 1. The van der Waals surface area contributed by atoms with Crippen LogP contribution in [0.4, 0.5) is 4.79 Å². The first-order valence-electron chi connectivity index (χ1n) is 6.59. The number of ether oxygens (including phenoxy) is 2. The summed E-state index contributed by atoms with van der Waals surface area (Å²) in [5.74, 6) is -0.256. The van der Waals surface area contributed by atoms with E-state index in [1.807, 2.05) is 20.8 Å². The maximum absolute atomic E-state index is 11.8. The van der Waals surface area contributed by atoms with Gasteiger partial charge in [0.15, 0.2) is 0 Å². The molecule has 1 heterocycles. The van der Waals surface area contributed by atoms with Gasteiger partial charge in [0.2, 0.25) is 0 Å². The van der Waals surface area contributed by atoms with E-state index in [-0.39, 0.29) is 30.5 Å². The Morgan fingerprint density at radius 3 is 2.74 bits per heavy atom. The van der Waals surface area contributed by atoms with Crippen molar-refractivity contribution in [1.82, 2.24) is 5.32 Å². The van der Waals surface area contributed by atoms with Crippen molar-refractivity contribution in [3.63, 3.8) is 0 Å². The number of cyclic esters (lactones) is 1. The van der Waals surface area contributed by atoms with Crippen LogP contribution >= 0.6 is 0 Å². The second kappa shape index (κ2) is 4.87. The van der Waals surface area contributed by atoms with Crippen LogP contribution in [-0.4, -0.2) is 30.3 Å². The summed E-state index contributed by atoms with van der Waals surface area (Å²) in [6.07, 6.45) is 0.961. The topological polar surface area (TPSA) is 64.6 Å². The molecule has 2 rings (SSSR count). The molecule has 5 nitrogen and oxygen atoms in total. The lowest BCUT2D eigenvalue weighted by molar-refractivity contribution is -0.157. The molecule has 0 unspecified atom stereocenters. The highest BCUT2D eigenvalue weighted by molar-refractivity contribution is 5.76.